The molecule has 0 atom stereocenters. The van der Waals surface area contributed by atoms with Crippen LogP contribution in [0.3, 0.4) is 0 Å². The molecule has 1 rings (SSSR count). The molecule has 0 radical (unpaired) electrons. The van der Waals surface area contributed by atoms with Crippen molar-refractivity contribution in [2.24, 2.45) is 0 Å². The smallest absolute Gasteiger partial charge is 0.224 e. The number of benzene rings is 1. The molecular weight excluding hydrogens is 258 g/mol. The number of nitrogens with one attached hydrogen (secondary N) is 1. The van der Waals surface area contributed by atoms with Gasteiger partial charge < -0.3 is 19.9 Å². The van der Waals surface area contributed by atoms with Crippen molar-refractivity contribution in [1.82, 2.24) is 5.32 Å². The van der Waals surface area contributed by atoms with Crippen molar-refractivity contribution in [1.29, 1.82) is 0 Å². The molecule has 0 aromatic heterocycles. The van der Waals surface area contributed by atoms with E-state index in [9.17, 15) is 9.90 Å². The van der Waals surface area contributed by atoms with Gasteiger partial charge in [-0.2, -0.15) is 0 Å². The number of methoxy groups -OCH3 is 1. The fourth-order valence-corrected chi connectivity index (χ4v) is 1.72. The zero-order chi connectivity index (χ0) is 14.6. The van der Waals surface area contributed by atoms with Crippen LogP contribution in [0.4, 0.5) is 0 Å². The first-order valence-electron chi connectivity index (χ1n) is 6.83. The highest BCUT2D eigenvalue weighted by atomic mass is 16.5. The van der Waals surface area contributed by atoms with E-state index in [4.69, 9.17) is 9.47 Å². The van der Waals surface area contributed by atoms with Crippen LogP contribution in [0.15, 0.2) is 24.3 Å². The highest BCUT2D eigenvalue weighted by Gasteiger charge is 2.03. The van der Waals surface area contributed by atoms with Gasteiger partial charge in [0, 0.05) is 20.3 Å². The lowest BCUT2D eigenvalue weighted by atomic mass is 10.1. The zero-order valence-corrected chi connectivity index (χ0v) is 11.9. The van der Waals surface area contributed by atoms with Gasteiger partial charge in [-0.15, -0.1) is 0 Å². The van der Waals surface area contributed by atoms with Crippen LogP contribution >= 0.6 is 0 Å². The number of unbranched alkanes of at least 4 members (excludes halogenated alkanes) is 1. The third kappa shape index (κ3) is 7.76. The predicted molar refractivity (Wildman–Crippen MR) is 76.7 cm³/mol. The number of carbonyl (C=O) groups is 1. The third-order valence-corrected chi connectivity index (χ3v) is 2.74. The van der Waals surface area contributed by atoms with Crippen molar-refractivity contribution >= 4 is 5.91 Å². The molecule has 112 valence electrons. The molecule has 1 amide bonds. The lowest BCUT2D eigenvalue weighted by molar-refractivity contribution is -0.120. The fraction of sp³-hybridized carbons (Fsp3) is 0.533. The number of ether oxygens (including phenoxy) is 2. The second kappa shape index (κ2) is 10.2. The molecule has 0 bridgehead atoms. The summed E-state index contributed by atoms with van der Waals surface area (Å²) in [5.41, 5.74) is 0.811. The number of phenolic OH excluding ortho intramolecular Hbond substituents is 1. The number of hydrogen-bond acceptors (Lipinski definition) is 4. The number of amides is 1. The van der Waals surface area contributed by atoms with E-state index in [2.05, 4.69) is 5.32 Å². The number of rotatable bonds is 10. The molecule has 0 heterocycles. The van der Waals surface area contributed by atoms with Crippen LogP contribution in [0, 0.1) is 0 Å². The van der Waals surface area contributed by atoms with Gasteiger partial charge in [0.25, 0.3) is 0 Å². The third-order valence-electron chi connectivity index (χ3n) is 2.74. The molecule has 0 spiro atoms. The van der Waals surface area contributed by atoms with Crippen LogP contribution in [0.5, 0.6) is 5.75 Å². The average Bonchev–Trinajstić information content (AvgIpc) is 2.42. The first kappa shape index (κ1) is 16.5. The standard InChI is InChI=1S/C15H23NO4/c1-19-9-10-20-8-3-2-7-16-15(18)12-13-5-4-6-14(17)11-13/h4-6,11,17H,2-3,7-10,12H2,1H3,(H,16,18). The molecule has 1 aromatic rings. The fourth-order valence-electron chi connectivity index (χ4n) is 1.72. The van der Waals surface area contributed by atoms with Gasteiger partial charge >= 0.3 is 0 Å². The monoisotopic (exact) mass is 281 g/mol. The van der Waals surface area contributed by atoms with E-state index < -0.39 is 0 Å². The van der Waals surface area contributed by atoms with Crippen LogP contribution in [-0.2, 0) is 20.7 Å². The van der Waals surface area contributed by atoms with Crippen LogP contribution in [0.25, 0.3) is 0 Å². The van der Waals surface area contributed by atoms with Gasteiger partial charge in [0.1, 0.15) is 5.75 Å². The van der Waals surface area contributed by atoms with Gasteiger partial charge in [0.15, 0.2) is 0 Å². The molecule has 0 unspecified atom stereocenters. The van der Waals surface area contributed by atoms with Crippen LogP contribution < -0.4 is 5.32 Å². The average molecular weight is 281 g/mol. The quantitative estimate of drug-likeness (QED) is 0.638. The number of phenols is 1. The topological polar surface area (TPSA) is 67.8 Å². The van der Waals surface area contributed by atoms with Gasteiger partial charge in [-0.1, -0.05) is 12.1 Å². The predicted octanol–water partition coefficient (Wildman–Crippen LogP) is 1.49. The molecule has 5 heteroatoms. The Morgan fingerprint density at radius 1 is 1.25 bits per heavy atom. The zero-order valence-electron chi connectivity index (χ0n) is 11.9. The molecule has 0 saturated carbocycles. The van der Waals surface area contributed by atoms with E-state index in [1.54, 1.807) is 25.3 Å². The van der Waals surface area contributed by atoms with Crippen LogP contribution in [0.1, 0.15) is 18.4 Å². The minimum absolute atomic E-state index is 0.0316. The van der Waals surface area contributed by atoms with E-state index in [0.717, 1.165) is 18.4 Å². The summed E-state index contributed by atoms with van der Waals surface area (Å²) in [5.74, 6) is 0.152. The molecular formula is C15H23NO4. The maximum Gasteiger partial charge on any atom is 0.224 e. The normalized spacial score (nSPS) is 10.4. The second-order valence-corrected chi connectivity index (χ2v) is 4.51. The van der Waals surface area contributed by atoms with E-state index in [1.807, 2.05) is 6.07 Å². The van der Waals surface area contributed by atoms with Crippen molar-refractivity contribution in [2.45, 2.75) is 19.3 Å². The Kier molecular flexibility index (Phi) is 8.42. The minimum atomic E-state index is -0.0316. The van der Waals surface area contributed by atoms with Crippen molar-refractivity contribution in [3.05, 3.63) is 29.8 Å². The summed E-state index contributed by atoms with van der Waals surface area (Å²) in [6, 6.07) is 6.74. The van der Waals surface area contributed by atoms with Crippen LogP contribution in [0.2, 0.25) is 0 Å². The summed E-state index contributed by atoms with van der Waals surface area (Å²) in [4.78, 5) is 11.7. The molecule has 0 fully saturated rings. The largest absolute Gasteiger partial charge is 0.508 e. The Morgan fingerprint density at radius 2 is 2.10 bits per heavy atom. The van der Waals surface area contributed by atoms with Crippen molar-refractivity contribution in [2.75, 3.05) is 33.5 Å². The van der Waals surface area contributed by atoms with Crippen LogP contribution in [-0.4, -0.2) is 44.5 Å². The molecule has 5 nitrogen and oxygen atoms in total. The summed E-state index contributed by atoms with van der Waals surface area (Å²) < 4.78 is 10.2. The summed E-state index contributed by atoms with van der Waals surface area (Å²) >= 11 is 0. The molecule has 0 aliphatic rings. The Morgan fingerprint density at radius 3 is 2.85 bits per heavy atom. The molecule has 0 saturated heterocycles. The van der Waals surface area contributed by atoms with E-state index in [0.29, 0.717) is 32.8 Å². The summed E-state index contributed by atoms with van der Waals surface area (Å²) in [7, 11) is 1.64. The lowest BCUT2D eigenvalue weighted by Crippen LogP contribution is -2.26. The Hall–Kier alpha value is -1.59. The molecule has 0 aliphatic carbocycles. The summed E-state index contributed by atoms with van der Waals surface area (Å²) in [6.45, 7) is 2.55. The number of aromatic hydroxyl groups is 1. The van der Waals surface area contributed by atoms with Gasteiger partial charge in [-0.05, 0) is 30.5 Å². The Bertz CT molecular complexity index is 395. The first-order valence-corrected chi connectivity index (χ1v) is 6.83. The maximum absolute atomic E-state index is 11.7. The van der Waals surface area contributed by atoms with E-state index in [1.165, 1.54) is 0 Å². The highest BCUT2D eigenvalue weighted by molar-refractivity contribution is 5.78. The highest BCUT2D eigenvalue weighted by Crippen LogP contribution is 2.11. The molecule has 2 N–H and O–H groups in total. The minimum Gasteiger partial charge on any atom is -0.508 e. The maximum atomic E-state index is 11.7. The first-order chi connectivity index (χ1) is 9.72. The Balaban J connectivity index is 2.03. The van der Waals surface area contributed by atoms with Crippen molar-refractivity contribution in [3.8, 4) is 5.75 Å². The van der Waals surface area contributed by atoms with Gasteiger partial charge in [-0.3, -0.25) is 4.79 Å². The second-order valence-electron chi connectivity index (χ2n) is 4.51. The van der Waals surface area contributed by atoms with E-state index in [-0.39, 0.29) is 11.7 Å². The van der Waals surface area contributed by atoms with Gasteiger partial charge in [0.2, 0.25) is 5.91 Å². The summed E-state index contributed by atoms with van der Waals surface area (Å²) in [5, 5.41) is 12.2. The number of hydrogen-bond donors (Lipinski definition) is 2. The van der Waals surface area contributed by atoms with Crippen molar-refractivity contribution < 1.29 is 19.4 Å². The van der Waals surface area contributed by atoms with Crippen molar-refractivity contribution in [3.63, 3.8) is 0 Å². The SMILES string of the molecule is COCCOCCCCNC(=O)Cc1cccc(O)c1. The molecule has 20 heavy (non-hydrogen) atoms. The number of carbonyl (C=O) groups excluding carboxylic acids is 1. The molecule has 0 aliphatic heterocycles. The summed E-state index contributed by atoms with van der Waals surface area (Å²) in [6.07, 6.45) is 2.09. The molecule has 1 aromatic carbocycles. The van der Waals surface area contributed by atoms with Gasteiger partial charge in [-0.25, -0.2) is 0 Å². The van der Waals surface area contributed by atoms with E-state index >= 15 is 0 Å². The van der Waals surface area contributed by atoms with Gasteiger partial charge in [0.05, 0.1) is 19.6 Å². The lowest BCUT2D eigenvalue weighted by Gasteiger charge is -2.06. The Labute approximate surface area is 119 Å².